The lowest BCUT2D eigenvalue weighted by Gasteiger charge is -2.18. The summed E-state index contributed by atoms with van der Waals surface area (Å²) in [5, 5.41) is 0. The molecule has 0 aliphatic carbocycles. The normalized spacial score (nSPS) is 13.0. The van der Waals surface area contributed by atoms with Crippen molar-refractivity contribution in [3.8, 4) is 0 Å². The fraction of sp³-hybridized carbons (Fsp3) is 0.943. The second kappa shape index (κ2) is 45.9. The lowest BCUT2D eigenvalue weighted by molar-refractivity contribution is -0.167. The van der Waals surface area contributed by atoms with Gasteiger partial charge in [-0.2, -0.15) is 0 Å². The van der Waals surface area contributed by atoms with Crippen molar-refractivity contribution in [3.63, 3.8) is 0 Å². The molecule has 2 unspecified atom stereocenters. The molecule has 6 nitrogen and oxygen atoms in total. The molecular formula is C53H102O6. The maximum Gasteiger partial charge on any atom is 0.306 e. The van der Waals surface area contributed by atoms with Gasteiger partial charge in [0.15, 0.2) is 6.10 Å². The molecule has 6 heteroatoms. The lowest BCUT2D eigenvalue weighted by Crippen LogP contribution is -2.30. The molecular weight excluding hydrogens is 733 g/mol. The van der Waals surface area contributed by atoms with E-state index >= 15 is 0 Å². The predicted molar refractivity (Wildman–Crippen MR) is 252 cm³/mol. The van der Waals surface area contributed by atoms with Gasteiger partial charge in [-0.05, 0) is 31.1 Å². The van der Waals surface area contributed by atoms with Gasteiger partial charge in [0.25, 0.3) is 0 Å². The molecule has 0 aromatic rings. The summed E-state index contributed by atoms with van der Waals surface area (Å²) in [6.45, 7) is 11.4. The van der Waals surface area contributed by atoms with Gasteiger partial charge >= 0.3 is 17.9 Å². The van der Waals surface area contributed by atoms with Crippen molar-refractivity contribution in [3.05, 3.63) is 0 Å². The van der Waals surface area contributed by atoms with Crippen LogP contribution in [0.2, 0.25) is 0 Å². The van der Waals surface area contributed by atoms with Crippen LogP contribution in [-0.2, 0) is 28.6 Å². The van der Waals surface area contributed by atoms with E-state index < -0.39 is 6.10 Å². The van der Waals surface area contributed by atoms with Crippen LogP contribution in [0.3, 0.4) is 0 Å². The summed E-state index contributed by atoms with van der Waals surface area (Å²) in [7, 11) is 0. The Bertz CT molecular complexity index is 904. The van der Waals surface area contributed by atoms with Crippen LogP contribution in [-0.4, -0.2) is 37.2 Å². The van der Waals surface area contributed by atoms with Crippen LogP contribution >= 0.6 is 0 Å². The molecule has 0 saturated carbocycles. The topological polar surface area (TPSA) is 78.9 Å². The standard InChI is InChI=1S/C53H102O6/c1-6-9-10-11-12-13-14-15-16-17-18-19-20-21-28-33-38-43-51(54)57-46-50(59-53(56)45-40-35-30-25-23-27-32-37-42-49(5)8-3)47-58-52(55)44-39-34-29-24-22-26-31-36-41-48(4)7-2/h48-50H,6-47H2,1-5H3/t48?,49?,50-/m0/s1. The first-order valence-corrected chi connectivity index (χ1v) is 26.3. The Morgan fingerprint density at radius 1 is 0.339 bits per heavy atom. The van der Waals surface area contributed by atoms with E-state index in [-0.39, 0.29) is 31.1 Å². The average molecular weight is 835 g/mol. The SMILES string of the molecule is CCCCCCCCCCCCCCCCCCCC(=O)OC[C@@H](COC(=O)CCCCCCCCCCC(C)CC)OC(=O)CCCCCCCCCCC(C)CC. The van der Waals surface area contributed by atoms with E-state index in [9.17, 15) is 14.4 Å². The third-order valence-corrected chi connectivity index (χ3v) is 12.7. The van der Waals surface area contributed by atoms with E-state index in [4.69, 9.17) is 14.2 Å². The number of carbonyl (C=O) groups is 3. The van der Waals surface area contributed by atoms with Gasteiger partial charge in [-0.15, -0.1) is 0 Å². The largest absolute Gasteiger partial charge is 0.462 e. The van der Waals surface area contributed by atoms with Gasteiger partial charge in [-0.3, -0.25) is 14.4 Å². The molecule has 0 N–H and O–H groups in total. The van der Waals surface area contributed by atoms with Gasteiger partial charge in [0.2, 0.25) is 0 Å². The number of ether oxygens (including phenoxy) is 3. The van der Waals surface area contributed by atoms with Crippen molar-refractivity contribution in [2.75, 3.05) is 13.2 Å². The molecule has 0 saturated heterocycles. The number of rotatable bonds is 47. The quantitative estimate of drug-likeness (QED) is 0.0345. The van der Waals surface area contributed by atoms with E-state index in [2.05, 4.69) is 34.6 Å². The molecule has 0 radical (unpaired) electrons. The zero-order valence-corrected chi connectivity index (χ0v) is 40.4. The zero-order chi connectivity index (χ0) is 43.3. The Labute approximate surface area is 368 Å². The number of hydrogen-bond donors (Lipinski definition) is 0. The summed E-state index contributed by atoms with van der Waals surface area (Å²) in [6, 6.07) is 0. The average Bonchev–Trinajstić information content (AvgIpc) is 3.23. The highest BCUT2D eigenvalue weighted by Gasteiger charge is 2.19. The highest BCUT2D eigenvalue weighted by atomic mass is 16.6. The molecule has 0 spiro atoms. The number of esters is 3. The first-order chi connectivity index (χ1) is 28.8. The number of unbranched alkanes of at least 4 members (excludes halogenated alkanes) is 30. The monoisotopic (exact) mass is 835 g/mol. The van der Waals surface area contributed by atoms with Crippen LogP contribution in [0.1, 0.15) is 291 Å². The fourth-order valence-corrected chi connectivity index (χ4v) is 7.93. The molecule has 0 bridgehead atoms. The first kappa shape index (κ1) is 57.4. The zero-order valence-electron chi connectivity index (χ0n) is 40.4. The maximum atomic E-state index is 12.8. The van der Waals surface area contributed by atoms with Crippen LogP contribution < -0.4 is 0 Å². The maximum absolute atomic E-state index is 12.8. The molecule has 3 atom stereocenters. The lowest BCUT2D eigenvalue weighted by atomic mass is 9.99. The van der Waals surface area contributed by atoms with Crippen molar-refractivity contribution < 1.29 is 28.6 Å². The third-order valence-electron chi connectivity index (χ3n) is 12.7. The third kappa shape index (κ3) is 44.3. The Morgan fingerprint density at radius 3 is 0.881 bits per heavy atom. The van der Waals surface area contributed by atoms with Crippen LogP contribution in [0.25, 0.3) is 0 Å². The molecule has 0 aromatic carbocycles. The number of hydrogen-bond acceptors (Lipinski definition) is 6. The Balaban J connectivity index is 4.30. The summed E-state index contributed by atoms with van der Waals surface area (Å²) in [5.74, 6) is 0.842. The minimum atomic E-state index is -0.762. The van der Waals surface area contributed by atoms with Crippen molar-refractivity contribution in [1.29, 1.82) is 0 Å². The molecule has 59 heavy (non-hydrogen) atoms. The second-order valence-corrected chi connectivity index (χ2v) is 18.6. The Kier molecular flexibility index (Phi) is 44.7. The van der Waals surface area contributed by atoms with Crippen LogP contribution in [0.5, 0.6) is 0 Å². The van der Waals surface area contributed by atoms with Crippen LogP contribution in [0.15, 0.2) is 0 Å². The van der Waals surface area contributed by atoms with Gasteiger partial charge in [0.1, 0.15) is 13.2 Å². The summed E-state index contributed by atoms with van der Waals surface area (Å²) >= 11 is 0. The van der Waals surface area contributed by atoms with E-state index in [0.29, 0.717) is 19.3 Å². The fourth-order valence-electron chi connectivity index (χ4n) is 7.93. The van der Waals surface area contributed by atoms with Gasteiger partial charge in [-0.25, -0.2) is 0 Å². The van der Waals surface area contributed by atoms with E-state index in [0.717, 1.165) is 69.6 Å². The predicted octanol–water partition coefficient (Wildman–Crippen LogP) is 16.9. The molecule has 350 valence electrons. The Hall–Kier alpha value is -1.59. The highest BCUT2D eigenvalue weighted by Crippen LogP contribution is 2.18. The summed E-state index contributed by atoms with van der Waals surface area (Å²) in [6.07, 6.45) is 46.5. The van der Waals surface area contributed by atoms with Gasteiger partial charge < -0.3 is 14.2 Å². The number of carbonyl (C=O) groups excluding carboxylic acids is 3. The molecule has 0 heterocycles. The van der Waals surface area contributed by atoms with Crippen LogP contribution in [0.4, 0.5) is 0 Å². The van der Waals surface area contributed by atoms with Crippen LogP contribution in [0, 0.1) is 11.8 Å². The first-order valence-electron chi connectivity index (χ1n) is 26.3. The van der Waals surface area contributed by atoms with Crippen molar-refractivity contribution in [2.24, 2.45) is 11.8 Å². The van der Waals surface area contributed by atoms with Gasteiger partial charge in [0, 0.05) is 19.3 Å². The molecule has 0 rings (SSSR count). The summed E-state index contributed by atoms with van der Waals surface area (Å²) < 4.78 is 16.8. The molecule has 0 aromatic heterocycles. The second-order valence-electron chi connectivity index (χ2n) is 18.6. The molecule has 0 fully saturated rings. The minimum Gasteiger partial charge on any atom is -0.462 e. The minimum absolute atomic E-state index is 0.0643. The van der Waals surface area contributed by atoms with E-state index in [1.165, 1.54) is 180 Å². The summed E-state index contributed by atoms with van der Waals surface area (Å²) in [5.41, 5.74) is 0. The smallest absolute Gasteiger partial charge is 0.306 e. The Morgan fingerprint density at radius 2 is 0.593 bits per heavy atom. The highest BCUT2D eigenvalue weighted by molar-refractivity contribution is 5.71. The molecule has 0 aliphatic heterocycles. The molecule has 0 aliphatic rings. The van der Waals surface area contributed by atoms with Crippen molar-refractivity contribution in [2.45, 2.75) is 298 Å². The summed E-state index contributed by atoms with van der Waals surface area (Å²) in [4.78, 5) is 37.9. The van der Waals surface area contributed by atoms with Gasteiger partial charge in [0.05, 0.1) is 0 Å². The van der Waals surface area contributed by atoms with Crippen molar-refractivity contribution in [1.82, 2.24) is 0 Å². The van der Waals surface area contributed by atoms with Gasteiger partial charge in [-0.1, -0.05) is 253 Å². The van der Waals surface area contributed by atoms with Crippen molar-refractivity contribution >= 4 is 17.9 Å². The van der Waals surface area contributed by atoms with E-state index in [1.807, 2.05) is 0 Å². The molecule has 0 amide bonds. The van der Waals surface area contributed by atoms with E-state index in [1.54, 1.807) is 0 Å².